The number of alkyl halides is 24. The second-order valence-electron chi connectivity index (χ2n) is 18.3. The zero-order valence-electron chi connectivity index (χ0n) is 42.9. The van der Waals surface area contributed by atoms with Crippen LogP contribution in [0.2, 0.25) is 0 Å². The molecule has 0 saturated carbocycles. The second-order valence-corrected chi connectivity index (χ2v) is 21.2. The molecule has 86 heavy (non-hydrogen) atoms. The third-order valence-electron chi connectivity index (χ3n) is 12.3. The van der Waals surface area contributed by atoms with Crippen molar-refractivity contribution >= 4 is 28.0 Å². The highest BCUT2D eigenvalue weighted by Crippen LogP contribution is 2.41. The van der Waals surface area contributed by atoms with Gasteiger partial charge in [0.15, 0.2) is 9.32 Å². The smallest absolute Gasteiger partial charge is 0.416 e. The summed E-state index contributed by atoms with van der Waals surface area (Å²) < 4.78 is 366. The molecule has 7 aromatic rings. The summed E-state index contributed by atoms with van der Waals surface area (Å²) in [6.07, 6.45) is -54.8. The Hall–Kier alpha value is -6.83. The van der Waals surface area contributed by atoms with Crippen LogP contribution in [-0.2, 0) is 58.9 Å². The molecule has 30 heteroatoms. The van der Waals surface area contributed by atoms with Gasteiger partial charge in [0.1, 0.15) is 25.1 Å². The summed E-state index contributed by atoms with van der Waals surface area (Å²) in [5.74, 6) is 1.82. The van der Waals surface area contributed by atoms with Gasteiger partial charge in [-0.25, -0.2) is 0 Å². The first-order chi connectivity index (χ1) is 39.7. The van der Waals surface area contributed by atoms with E-state index in [1.54, 1.807) is 0 Å². The van der Waals surface area contributed by atoms with Crippen LogP contribution in [0.5, 0.6) is 11.5 Å². The first-order valence-corrected chi connectivity index (χ1v) is 26.4. The van der Waals surface area contributed by atoms with Crippen molar-refractivity contribution in [3.8, 4) is 11.5 Å². The van der Waals surface area contributed by atoms with Crippen molar-refractivity contribution in [2.75, 3.05) is 39.6 Å². The first-order valence-electron chi connectivity index (χ1n) is 24.3. The van der Waals surface area contributed by atoms with Crippen molar-refractivity contribution in [1.82, 2.24) is 0 Å². The van der Waals surface area contributed by atoms with Crippen LogP contribution >= 0.6 is 0 Å². The molecule has 0 radical (unpaired) electrons. The zero-order chi connectivity index (χ0) is 63.9. The Morgan fingerprint density at radius 1 is 0.279 bits per heavy atom. The molecule has 0 aliphatic carbocycles. The van der Waals surface area contributed by atoms with Crippen LogP contribution in [0.4, 0.5) is 105 Å². The Kier molecular flexibility index (Phi) is 21.2. The second kappa shape index (κ2) is 26.7. The summed E-state index contributed by atoms with van der Waals surface area (Å²) in [4.78, 5) is 0. The van der Waals surface area contributed by atoms with Crippen LogP contribution < -0.4 is 52.5 Å². The van der Waals surface area contributed by atoms with Gasteiger partial charge in [0.05, 0.1) is 70.9 Å². The van der Waals surface area contributed by atoms with Crippen molar-refractivity contribution in [1.29, 1.82) is 0 Å². The molecule has 0 aromatic heterocycles. The number of halogens is 25. The molecule has 4 nitrogen and oxygen atoms in total. The number of hydrogen-bond donors (Lipinski definition) is 0. The third-order valence-corrected chi connectivity index (χ3v) is 15.1. The molecule has 0 aliphatic heterocycles. The number of benzene rings is 7. The van der Waals surface area contributed by atoms with Crippen molar-refractivity contribution in [2.24, 2.45) is 0 Å². The van der Waals surface area contributed by atoms with Gasteiger partial charge in [0, 0.05) is 0 Å². The fraction of sp³-hybridized carbons (Fsp3) is 0.250. The molecule has 0 bridgehead atoms. The summed E-state index contributed by atoms with van der Waals surface area (Å²) in [6.45, 7) is 3.26. The lowest BCUT2D eigenvalue weighted by molar-refractivity contribution is -0.598. The average Bonchev–Trinajstić information content (AvgIpc) is 0.722. The summed E-state index contributed by atoms with van der Waals surface area (Å²) in [5.41, 5.74) is -30.2. The van der Waals surface area contributed by atoms with Crippen LogP contribution in [0, 0.1) is 7.14 Å². The maximum absolute atomic E-state index is 14.2. The zero-order valence-corrected chi connectivity index (χ0v) is 45.1. The molecule has 0 unspecified atom stereocenters. The highest BCUT2D eigenvalue weighted by Gasteiger charge is 2.47. The number of hydrogen-bond acceptors (Lipinski definition) is 4. The van der Waals surface area contributed by atoms with Crippen molar-refractivity contribution in [2.45, 2.75) is 49.4 Å². The molecule has 0 aliphatic rings. The van der Waals surface area contributed by atoms with E-state index in [1.807, 2.05) is 48.5 Å². The fourth-order valence-corrected chi connectivity index (χ4v) is 11.0. The average molecular weight is 1370 g/mol. The Labute approximate surface area is 481 Å². The minimum Gasteiger partial charge on any atom is -0.491 e. The van der Waals surface area contributed by atoms with Gasteiger partial charge in [-0.2, -0.15) is 127 Å². The number of rotatable bonds is 17. The van der Waals surface area contributed by atoms with Gasteiger partial charge in [-0.05, 0) is 60.7 Å². The van der Waals surface area contributed by atoms with E-state index in [0.29, 0.717) is 39.6 Å². The largest absolute Gasteiger partial charge is 0.491 e. The van der Waals surface area contributed by atoms with E-state index in [9.17, 15) is 105 Å². The molecule has 0 amide bonds. The van der Waals surface area contributed by atoms with Crippen LogP contribution in [0.25, 0.3) is 0 Å². The predicted molar refractivity (Wildman–Crippen MR) is 259 cm³/mol. The lowest BCUT2D eigenvalue weighted by Gasteiger charge is -2.46. The van der Waals surface area contributed by atoms with Crippen LogP contribution in [0.1, 0.15) is 44.5 Å². The summed E-state index contributed by atoms with van der Waals surface area (Å²) >= 11 is -0.246. The molecule has 0 spiro atoms. The molecule has 7 rings (SSSR count). The van der Waals surface area contributed by atoms with E-state index in [0.717, 1.165) is 11.5 Å². The van der Waals surface area contributed by atoms with Crippen molar-refractivity contribution in [3.05, 3.63) is 209 Å². The Bertz CT molecular complexity index is 2930. The number of para-hydroxylation sites is 2. The summed E-state index contributed by atoms with van der Waals surface area (Å²) in [7, 11) is 0. The van der Waals surface area contributed by atoms with Gasteiger partial charge in [-0.1, -0.05) is 97.1 Å². The topological polar surface area (TPSA) is 36.9 Å². The fourth-order valence-electron chi connectivity index (χ4n) is 8.57. The van der Waals surface area contributed by atoms with Gasteiger partial charge >= 0.3 is 70.6 Å². The molecule has 0 saturated heterocycles. The molecule has 0 heterocycles. The van der Waals surface area contributed by atoms with E-state index in [1.165, 1.54) is 7.14 Å². The van der Waals surface area contributed by atoms with E-state index in [-0.39, 0.29) is 21.2 Å². The standard InChI is InChI=1S/C32H12BF24.C24H26IO4/c34-25(35,36)13-1-14(26(37,38)39)6-21(5-13)33(22-7-15(27(40,41)42)2-16(8-22)28(43,44)45,23-9-17(29(46,47)48)3-18(10-23)30(49,50)51)24-11-19(31(52,53)54)4-20(12-24)32(55,56)57;1-3-9-21(10-4-1)25-23-13-7-8-14-24(23)29-20-18-27-16-15-26-17-19-28-22-11-5-2-6-12-22/h1-12H;1-14H,15-20H2/q-1;+1. The van der Waals surface area contributed by atoms with E-state index in [2.05, 4.69) is 36.4 Å². The monoisotopic (exact) mass is 1370 g/mol. The maximum atomic E-state index is 14.2. The molecular weight excluding hydrogens is 1330 g/mol. The lowest BCUT2D eigenvalue weighted by atomic mass is 9.12. The minimum atomic E-state index is -6.13. The molecule has 0 atom stereocenters. The Morgan fingerprint density at radius 3 is 0.837 bits per heavy atom. The first kappa shape index (κ1) is 68.3. The van der Waals surface area contributed by atoms with Gasteiger partial charge in [0.2, 0.25) is 3.57 Å². The highest BCUT2D eigenvalue weighted by atomic mass is 127. The molecule has 0 N–H and O–H groups in total. The molecular formula is C56H38BF24IO4. The SMILES string of the molecule is FC(F)(F)c1cc([B-](c2cc(C(F)(F)F)cc(C(F)(F)F)c2)(c2cc(C(F)(F)F)cc(C(F)(F)F)c2)c2cc(C(F)(F)F)cc(C(F)(F)F)c2)cc(C(F)(F)F)c1.c1ccc(OCCOCCOCCOc2ccccc2[I+]c2ccccc2)cc1. The Morgan fingerprint density at radius 2 is 0.535 bits per heavy atom. The van der Waals surface area contributed by atoms with Gasteiger partial charge < -0.3 is 18.9 Å². The van der Waals surface area contributed by atoms with Crippen LogP contribution in [-0.4, -0.2) is 45.8 Å². The number of ether oxygens (including phenoxy) is 4. The summed E-state index contributed by atoms with van der Waals surface area (Å²) in [5, 5.41) is 0. The minimum absolute atomic E-state index is 0.246. The molecule has 464 valence electrons. The van der Waals surface area contributed by atoms with Gasteiger partial charge in [-0.15, -0.1) is 0 Å². The van der Waals surface area contributed by atoms with E-state index in [4.69, 9.17) is 18.9 Å². The predicted octanol–water partition coefficient (Wildman–Crippen LogP) is 12.5. The highest BCUT2D eigenvalue weighted by molar-refractivity contribution is 7.20. The van der Waals surface area contributed by atoms with Crippen molar-refractivity contribution < 1.29 is 146 Å². The van der Waals surface area contributed by atoms with Crippen LogP contribution in [0.3, 0.4) is 0 Å². The normalized spacial score (nSPS) is 13.1. The van der Waals surface area contributed by atoms with Crippen molar-refractivity contribution in [3.63, 3.8) is 0 Å². The van der Waals surface area contributed by atoms with Gasteiger partial charge in [-0.3, -0.25) is 0 Å². The quantitative estimate of drug-likeness (QED) is 0.0394. The summed E-state index contributed by atoms with van der Waals surface area (Å²) in [6, 6.07) is 19.8. The lowest BCUT2D eigenvalue weighted by Crippen LogP contribution is -3.61. The third kappa shape index (κ3) is 18.1. The van der Waals surface area contributed by atoms with Gasteiger partial charge in [0.25, 0.3) is 0 Å². The maximum Gasteiger partial charge on any atom is 0.416 e. The van der Waals surface area contributed by atoms with E-state index < -0.39 is 195 Å². The molecule has 0 fully saturated rings. The Balaban J connectivity index is 0.000000340. The van der Waals surface area contributed by atoms with Crippen LogP contribution in [0.15, 0.2) is 158 Å². The van der Waals surface area contributed by atoms with E-state index >= 15 is 0 Å². The molecule has 7 aromatic carbocycles.